The number of hydrogen-bond acceptors (Lipinski definition) is 2. The van der Waals surface area contributed by atoms with Gasteiger partial charge in [-0.2, -0.15) is 0 Å². The van der Waals surface area contributed by atoms with Gasteiger partial charge >= 0.3 is 0 Å². The fourth-order valence-electron chi connectivity index (χ4n) is 1.20. The molecule has 0 saturated carbocycles. The third-order valence-corrected chi connectivity index (χ3v) is 1.79. The summed E-state index contributed by atoms with van der Waals surface area (Å²) >= 11 is 0. The van der Waals surface area contributed by atoms with Crippen LogP contribution in [0, 0.1) is 0 Å². The minimum absolute atomic E-state index is 0.166. The van der Waals surface area contributed by atoms with Crippen LogP contribution in [0.3, 0.4) is 0 Å². The van der Waals surface area contributed by atoms with Gasteiger partial charge in [0.1, 0.15) is 5.78 Å². The van der Waals surface area contributed by atoms with Gasteiger partial charge in [-0.05, 0) is 19.4 Å². The maximum atomic E-state index is 11.0. The molecular formula is C7H13NO. The summed E-state index contributed by atoms with van der Waals surface area (Å²) in [7, 11) is 0. The van der Waals surface area contributed by atoms with Gasteiger partial charge < -0.3 is 5.32 Å². The molecule has 0 radical (unpaired) electrons. The van der Waals surface area contributed by atoms with E-state index in [1.54, 1.807) is 0 Å². The zero-order valence-corrected chi connectivity index (χ0v) is 5.81. The zero-order valence-electron chi connectivity index (χ0n) is 5.81. The molecule has 0 aromatic rings. The summed E-state index contributed by atoms with van der Waals surface area (Å²) in [4.78, 5) is 11.0. The molecule has 0 amide bonds. The first kappa shape index (κ1) is 6.75. The summed E-state index contributed by atoms with van der Waals surface area (Å²) in [5.41, 5.74) is 0. The zero-order chi connectivity index (χ0) is 6.69. The Morgan fingerprint density at radius 1 is 1.78 bits per heavy atom. The van der Waals surface area contributed by atoms with E-state index in [9.17, 15) is 4.79 Å². The van der Waals surface area contributed by atoms with Crippen LogP contribution >= 0.6 is 0 Å². The SMILES string of the molecule is CC[C@@H]1NCCCC1=O. The monoisotopic (exact) mass is 127 g/mol. The lowest BCUT2D eigenvalue weighted by Crippen LogP contribution is -2.40. The summed E-state index contributed by atoms with van der Waals surface area (Å²) in [5.74, 6) is 0.392. The first-order valence-corrected chi connectivity index (χ1v) is 3.60. The molecule has 1 N–H and O–H groups in total. The van der Waals surface area contributed by atoms with Gasteiger partial charge in [0, 0.05) is 6.42 Å². The molecule has 0 aliphatic carbocycles. The van der Waals surface area contributed by atoms with Crippen molar-refractivity contribution in [2.24, 2.45) is 0 Å². The highest BCUT2D eigenvalue weighted by molar-refractivity contribution is 5.84. The lowest BCUT2D eigenvalue weighted by Gasteiger charge is -2.20. The fraction of sp³-hybridized carbons (Fsp3) is 0.857. The lowest BCUT2D eigenvalue weighted by atomic mass is 10.0. The number of rotatable bonds is 1. The van der Waals surface area contributed by atoms with Crippen molar-refractivity contribution in [3.63, 3.8) is 0 Å². The largest absolute Gasteiger partial charge is 0.307 e. The molecule has 1 rings (SSSR count). The minimum atomic E-state index is 0.166. The maximum absolute atomic E-state index is 11.0. The molecular weight excluding hydrogens is 114 g/mol. The molecule has 2 heteroatoms. The molecule has 1 heterocycles. The standard InChI is InChI=1S/C7H13NO/c1-2-6-7(9)4-3-5-8-6/h6,8H,2-5H2,1H3/t6-/m0/s1. The molecule has 1 aliphatic rings. The van der Waals surface area contributed by atoms with Gasteiger partial charge in [-0.15, -0.1) is 0 Å². The van der Waals surface area contributed by atoms with Crippen molar-refractivity contribution in [3.8, 4) is 0 Å². The fourth-order valence-corrected chi connectivity index (χ4v) is 1.20. The first-order chi connectivity index (χ1) is 4.34. The van der Waals surface area contributed by atoms with Crippen molar-refractivity contribution in [1.82, 2.24) is 5.32 Å². The number of ketones is 1. The second kappa shape index (κ2) is 2.97. The summed E-state index contributed by atoms with van der Waals surface area (Å²) in [6, 6.07) is 0.166. The van der Waals surface area contributed by atoms with Gasteiger partial charge in [-0.25, -0.2) is 0 Å². The molecule has 1 saturated heterocycles. The van der Waals surface area contributed by atoms with E-state index >= 15 is 0 Å². The highest BCUT2D eigenvalue weighted by atomic mass is 16.1. The van der Waals surface area contributed by atoms with Crippen LogP contribution in [-0.4, -0.2) is 18.4 Å². The average Bonchev–Trinajstić information content (AvgIpc) is 1.89. The molecule has 9 heavy (non-hydrogen) atoms. The number of Topliss-reactive ketones (excluding diaryl/α,β-unsaturated/α-hetero) is 1. The van der Waals surface area contributed by atoms with Crippen molar-refractivity contribution < 1.29 is 4.79 Å². The second-order valence-electron chi connectivity index (χ2n) is 2.48. The van der Waals surface area contributed by atoms with Crippen LogP contribution in [0.25, 0.3) is 0 Å². The third kappa shape index (κ3) is 1.52. The Morgan fingerprint density at radius 3 is 3.00 bits per heavy atom. The first-order valence-electron chi connectivity index (χ1n) is 3.60. The molecule has 0 aromatic heterocycles. The van der Waals surface area contributed by atoms with E-state index < -0.39 is 0 Å². The summed E-state index contributed by atoms with van der Waals surface area (Å²) in [5, 5.41) is 3.17. The van der Waals surface area contributed by atoms with Gasteiger partial charge in [0.2, 0.25) is 0 Å². The summed E-state index contributed by atoms with van der Waals surface area (Å²) in [6.45, 7) is 3.06. The predicted octanol–water partition coefficient (Wildman–Crippen LogP) is 0.717. The van der Waals surface area contributed by atoms with Gasteiger partial charge in [0.05, 0.1) is 6.04 Å². The van der Waals surface area contributed by atoms with Gasteiger partial charge in [0.25, 0.3) is 0 Å². The highest BCUT2D eigenvalue weighted by Crippen LogP contribution is 2.04. The molecule has 52 valence electrons. The molecule has 1 aliphatic heterocycles. The van der Waals surface area contributed by atoms with Gasteiger partial charge in [-0.1, -0.05) is 6.92 Å². The van der Waals surface area contributed by atoms with Crippen molar-refractivity contribution in [2.75, 3.05) is 6.54 Å². The van der Waals surface area contributed by atoms with E-state index in [1.807, 2.05) is 6.92 Å². The van der Waals surface area contributed by atoms with Crippen molar-refractivity contribution in [3.05, 3.63) is 0 Å². The van der Waals surface area contributed by atoms with Crippen LogP contribution < -0.4 is 5.32 Å². The van der Waals surface area contributed by atoms with Gasteiger partial charge in [0.15, 0.2) is 0 Å². The summed E-state index contributed by atoms with van der Waals surface area (Å²) in [6.07, 6.45) is 2.75. The average molecular weight is 127 g/mol. The number of nitrogens with one attached hydrogen (secondary N) is 1. The van der Waals surface area contributed by atoms with Crippen LogP contribution in [0.4, 0.5) is 0 Å². The normalized spacial score (nSPS) is 28.6. The van der Waals surface area contributed by atoms with E-state index in [2.05, 4.69) is 5.32 Å². The summed E-state index contributed by atoms with van der Waals surface area (Å²) < 4.78 is 0. The van der Waals surface area contributed by atoms with E-state index in [4.69, 9.17) is 0 Å². The minimum Gasteiger partial charge on any atom is -0.307 e. The Bertz CT molecular complexity index is 111. The molecule has 0 aromatic carbocycles. The van der Waals surface area contributed by atoms with E-state index in [1.165, 1.54) is 0 Å². The molecule has 2 nitrogen and oxygen atoms in total. The number of piperidine rings is 1. The smallest absolute Gasteiger partial charge is 0.149 e. The Kier molecular flexibility index (Phi) is 2.22. The predicted molar refractivity (Wildman–Crippen MR) is 36.3 cm³/mol. The van der Waals surface area contributed by atoms with E-state index in [0.717, 1.165) is 25.8 Å². The topological polar surface area (TPSA) is 29.1 Å². The van der Waals surface area contributed by atoms with Crippen molar-refractivity contribution in [1.29, 1.82) is 0 Å². The van der Waals surface area contributed by atoms with Crippen molar-refractivity contribution in [2.45, 2.75) is 32.2 Å². The van der Waals surface area contributed by atoms with E-state index in [-0.39, 0.29) is 6.04 Å². The Hall–Kier alpha value is -0.370. The molecule has 1 atom stereocenters. The van der Waals surface area contributed by atoms with Crippen LogP contribution in [0.2, 0.25) is 0 Å². The number of carbonyl (C=O) groups is 1. The Morgan fingerprint density at radius 2 is 2.56 bits per heavy atom. The van der Waals surface area contributed by atoms with Crippen LogP contribution in [0.15, 0.2) is 0 Å². The lowest BCUT2D eigenvalue weighted by molar-refractivity contribution is -0.122. The Labute approximate surface area is 55.6 Å². The number of hydrogen-bond donors (Lipinski definition) is 1. The highest BCUT2D eigenvalue weighted by Gasteiger charge is 2.18. The molecule has 1 fully saturated rings. The van der Waals surface area contributed by atoms with Crippen molar-refractivity contribution >= 4 is 5.78 Å². The van der Waals surface area contributed by atoms with Gasteiger partial charge in [-0.3, -0.25) is 4.79 Å². The van der Waals surface area contributed by atoms with E-state index in [0.29, 0.717) is 5.78 Å². The van der Waals surface area contributed by atoms with Crippen LogP contribution in [-0.2, 0) is 4.79 Å². The number of carbonyl (C=O) groups excluding carboxylic acids is 1. The molecule has 0 unspecified atom stereocenters. The third-order valence-electron chi connectivity index (χ3n) is 1.79. The Balaban J connectivity index is 2.39. The quantitative estimate of drug-likeness (QED) is 0.562. The van der Waals surface area contributed by atoms with Crippen LogP contribution in [0.1, 0.15) is 26.2 Å². The molecule has 0 bridgehead atoms. The molecule has 0 spiro atoms. The second-order valence-corrected chi connectivity index (χ2v) is 2.48. The maximum Gasteiger partial charge on any atom is 0.149 e. The van der Waals surface area contributed by atoms with Crippen LogP contribution in [0.5, 0.6) is 0 Å².